The molecule has 2 aromatic heterocycles. The van der Waals surface area contributed by atoms with Gasteiger partial charge >= 0.3 is 0 Å². The number of nitrogens with zero attached hydrogens (tertiary/aromatic N) is 4. The molecule has 0 radical (unpaired) electrons. The van der Waals surface area contributed by atoms with Crippen LogP contribution in [0.4, 0.5) is 5.82 Å². The van der Waals surface area contributed by atoms with Crippen LogP contribution in [0.2, 0.25) is 0 Å². The molecule has 0 saturated carbocycles. The molecule has 0 atom stereocenters. The first kappa shape index (κ1) is 20.2. The largest absolute Gasteiger partial charge is 0.355 e. The third kappa shape index (κ3) is 4.08. The predicted octanol–water partition coefficient (Wildman–Crippen LogP) is 4.24. The number of rotatable bonds is 5. The molecular formula is C26H27N5O. The molecule has 1 aliphatic heterocycles. The molecule has 32 heavy (non-hydrogen) atoms. The summed E-state index contributed by atoms with van der Waals surface area (Å²) in [7, 11) is 0. The highest BCUT2D eigenvalue weighted by molar-refractivity contribution is 5.79. The average Bonchev–Trinajstić information content (AvgIpc) is 3.29. The van der Waals surface area contributed by atoms with Crippen LogP contribution >= 0.6 is 0 Å². The Morgan fingerprint density at radius 3 is 2.59 bits per heavy atom. The van der Waals surface area contributed by atoms with E-state index in [1.165, 1.54) is 11.1 Å². The van der Waals surface area contributed by atoms with E-state index >= 15 is 0 Å². The number of aromatic nitrogens is 3. The minimum atomic E-state index is 0.0415. The van der Waals surface area contributed by atoms with Gasteiger partial charge in [0.15, 0.2) is 5.82 Å². The van der Waals surface area contributed by atoms with Crippen molar-refractivity contribution in [2.75, 3.05) is 18.0 Å². The minimum absolute atomic E-state index is 0.0415. The van der Waals surface area contributed by atoms with Gasteiger partial charge in [0, 0.05) is 43.5 Å². The lowest BCUT2D eigenvalue weighted by molar-refractivity contribution is -0.125. The van der Waals surface area contributed by atoms with Crippen LogP contribution in [0.25, 0.3) is 16.8 Å². The van der Waals surface area contributed by atoms with E-state index in [0.29, 0.717) is 6.54 Å². The summed E-state index contributed by atoms with van der Waals surface area (Å²) in [6.45, 7) is 4.28. The fourth-order valence-corrected chi connectivity index (χ4v) is 4.39. The SMILES string of the molecule is Cc1ccccc1CNC(=O)C1CCN(c2nccn3nc(-c4ccccc4)cc23)CC1. The predicted molar refractivity (Wildman–Crippen MR) is 126 cm³/mol. The highest BCUT2D eigenvalue weighted by atomic mass is 16.1. The zero-order chi connectivity index (χ0) is 21.9. The fourth-order valence-electron chi connectivity index (χ4n) is 4.39. The minimum Gasteiger partial charge on any atom is -0.355 e. The first-order chi connectivity index (χ1) is 15.7. The first-order valence-electron chi connectivity index (χ1n) is 11.2. The van der Waals surface area contributed by atoms with Crippen molar-refractivity contribution in [3.05, 3.63) is 84.2 Å². The van der Waals surface area contributed by atoms with Gasteiger partial charge in [-0.2, -0.15) is 5.10 Å². The number of carbonyl (C=O) groups is 1. The Labute approximate surface area is 187 Å². The molecule has 1 fully saturated rings. The molecule has 2 aromatic carbocycles. The molecule has 0 unspecified atom stereocenters. The van der Waals surface area contributed by atoms with Crippen LogP contribution in [0.1, 0.15) is 24.0 Å². The molecule has 1 aliphatic rings. The Hall–Kier alpha value is -3.67. The maximum atomic E-state index is 12.7. The average molecular weight is 426 g/mol. The number of aryl methyl sites for hydroxylation is 1. The molecule has 6 heteroatoms. The third-order valence-corrected chi connectivity index (χ3v) is 6.32. The van der Waals surface area contributed by atoms with E-state index in [2.05, 4.69) is 52.5 Å². The normalized spacial score (nSPS) is 14.6. The summed E-state index contributed by atoms with van der Waals surface area (Å²) in [4.78, 5) is 19.7. The zero-order valence-electron chi connectivity index (χ0n) is 18.2. The summed E-state index contributed by atoms with van der Waals surface area (Å²) in [5, 5.41) is 7.86. The van der Waals surface area contributed by atoms with Crippen LogP contribution in [-0.4, -0.2) is 33.6 Å². The smallest absolute Gasteiger partial charge is 0.223 e. The summed E-state index contributed by atoms with van der Waals surface area (Å²) in [5.74, 6) is 1.12. The number of benzene rings is 2. The summed E-state index contributed by atoms with van der Waals surface area (Å²) in [6.07, 6.45) is 5.33. The van der Waals surface area contributed by atoms with Crippen molar-refractivity contribution in [1.82, 2.24) is 19.9 Å². The van der Waals surface area contributed by atoms with Gasteiger partial charge in [-0.15, -0.1) is 0 Å². The Bertz CT molecular complexity index is 1230. The van der Waals surface area contributed by atoms with E-state index in [9.17, 15) is 4.79 Å². The van der Waals surface area contributed by atoms with Crippen LogP contribution in [-0.2, 0) is 11.3 Å². The molecule has 1 N–H and O–H groups in total. The second kappa shape index (κ2) is 8.83. The van der Waals surface area contributed by atoms with E-state index in [-0.39, 0.29) is 11.8 Å². The maximum absolute atomic E-state index is 12.7. The molecule has 3 heterocycles. The summed E-state index contributed by atoms with van der Waals surface area (Å²) in [5.41, 5.74) is 5.40. The number of amides is 1. The Kier molecular flexibility index (Phi) is 5.58. The molecule has 1 amide bonds. The van der Waals surface area contributed by atoms with Gasteiger partial charge in [-0.05, 0) is 37.0 Å². The molecule has 5 rings (SSSR count). The van der Waals surface area contributed by atoms with Gasteiger partial charge in [-0.1, -0.05) is 54.6 Å². The Balaban J connectivity index is 1.25. The van der Waals surface area contributed by atoms with Gasteiger partial charge in [0.2, 0.25) is 5.91 Å². The van der Waals surface area contributed by atoms with Crippen molar-refractivity contribution in [1.29, 1.82) is 0 Å². The number of carbonyl (C=O) groups excluding carboxylic acids is 1. The van der Waals surface area contributed by atoms with Crippen molar-refractivity contribution in [3.8, 4) is 11.3 Å². The quantitative estimate of drug-likeness (QED) is 0.520. The van der Waals surface area contributed by atoms with Gasteiger partial charge in [-0.3, -0.25) is 4.79 Å². The molecular weight excluding hydrogens is 398 g/mol. The van der Waals surface area contributed by atoms with E-state index < -0.39 is 0 Å². The second-order valence-corrected chi connectivity index (χ2v) is 8.38. The topological polar surface area (TPSA) is 62.5 Å². The van der Waals surface area contributed by atoms with Crippen LogP contribution in [0, 0.1) is 12.8 Å². The second-order valence-electron chi connectivity index (χ2n) is 8.38. The molecule has 6 nitrogen and oxygen atoms in total. The molecule has 0 bridgehead atoms. The van der Waals surface area contributed by atoms with Gasteiger partial charge in [0.05, 0.1) is 5.69 Å². The Morgan fingerprint density at radius 2 is 1.81 bits per heavy atom. The Morgan fingerprint density at radius 1 is 1.06 bits per heavy atom. The van der Waals surface area contributed by atoms with Crippen molar-refractivity contribution in [2.24, 2.45) is 5.92 Å². The number of hydrogen-bond donors (Lipinski definition) is 1. The molecule has 1 saturated heterocycles. The first-order valence-corrected chi connectivity index (χ1v) is 11.2. The highest BCUT2D eigenvalue weighted by Gasteiger charge is 2.26. The number of nitrogens with one attached hydrogen (secondary N) is 1. The van der Waals surface area contributed by atoms with Crippen LogP contribution in [0.15, 0.2) is 73.1 Å². The van der Waals surface area contributed by atoms with Crippen molar-refractivity contribution in [2.45, 2.75) is 26.3 Å². The molecule has 0 spiro atoms. The van der Waals surface area contributed by atoms with Crippen molar-refractivity contribution >= 4 is 17.2 Å². The van der Waals surface area contributed by atoms with E-state index in [0.717, 1.165) is 48.5 Å². The number of piperidine rings is 1. The van der Waals surface area contributed by atoms with Crippen molar-refractivity contribution < 1.29 is 4.79 Å². The third-order valence-electron chi connectivity index (χ3n) is 6.32. The lowest BCUT2D eigenvalue weighted by Crippen LogP contribution is -2.40. The van der Waals surface area contributed by atoms with Crippen LogP contribution in [0.3, 0.4) is 0 Å². The number of hydrogen-bond acceptors (Lipinski definition) is 4. The van der Waals surface area contributed by atoms with Gasteiger partial charge in [-0.25, -0.2) is 9.50 Å². The summed E-state index contributed by atoms with van der Waals surface area (Å²) < 4.78 is 1.89. The molecule has 162 valence electrons. The lowest BCUT2D eigenvalue weighted by atomic mass is 9.95. The maximum Gasteiger partial charge on any atom is 0.223 e. The number of anilines is 1. The summed E-state index contributed by atoms with van der Waals surface area (Å²) >= 11 is 0. The van der Waals surface area contributed by atoms with Gasteiger partial charge in [0.1, 0.15) is 5.52 Å². The lowest BCUT2D eigenvalue weighted by Gasteiger charge is -2.32. The van der Waals surface area contributed by atoms with E-state index in [1.54, 1.807) is 6.20 Å². The standard InChI is InChI=1S/C26H27N5O/c1-19-7-5-6-10-22(19)18-28-26(32)21-11-14-30(15-12-21)25-24-17-23(20-8-3-2-4-9-20)29-31(24)16-13-27-25/h2-10,13,16-17,21H,11-12,14-15,18H2,1H3,(H,28,32). The van der Waals surface area contributed by atoms with Crippen LogP contribution < -0.4 is 10.2 Å². The summed E-state index contributed by atoms with van der Waals surface area (Å²) in [6, 6.07) is 20.5. The van der Waals surface area contributed by atoms with Crippen molar-refractivity contribution in [3.63, 3.8) is 0 Å². The molecule has 0 aliphatic carbocycles. The van der Waals surface area contributed by atoms with Gasteiger partial charge in [0.25, 0.3) is 0 Å². The van der Waals surface area contributed by atoms with Gasteiger partial charge < -0.3 is 10.2 Å². The molecule has 4 aromatic rings. The number of fused-ring (bicyclic) bond motifs is 1. The zero-order valence-corrected chi connectivity index (χ0v) is 18.2. The van der Waals surface area contributed by atoms with E-state index in [1.807, 2.05) is 41.0 Å². The van der Waals surface area contributed by atoms with E-state index in [4.69, 9.17) is 5.10 Å². The van der Waals surface area contributed by atoms with Crippen LogP contribution in [0.5, 0.6) is 0 Å². The highest BCUT2D eigenvalue weighted by Crippen LogP contribution is 2.28. The monoisotopic (exact) mass is 425 g/mol. The fraction of sp³-hybridized carbons (Fsp3) is 0.269.